The van der Waals surface area contributed by atoms with Crippen LogP contribution in [0.1, 0.15) is 11.1 Å². The zero-order valence-corrected chi connectivity index (χ0v) is 16.0. The lowest BCUT2D eigenvalue weighted by Gasteiger charge is -2.44. The van der Waals surface area contributed by atoms with Gasteiger partial charge in [-0.1, -0.05) is 60.7 Å². The van der Waals surface area contributed by atoms with Gasteiger partial charge in [-0.05, 0) is 11.1 Å². The molecule has 0 saturated carbocycles. The zero-order chi connectivity index (χ0) is 20.2. The smallest absolute Gasteiger partial charge is 0.410 e. The van der Waals surface area contributed by atoms with Gasteiger partial charge in [0.2, 0.25) is 11.8 Å². The molecule has 2 aromatic carbocycles. The van der Waals surface area contributed by atoms with E-state index in [9.17, 15) is 14.4 Å². The second-order valence-corrected chi connectivity index (χ2v) is 7.28. The Morgan fingerprint density at radius 3 is 2.31 bits per heavy atom. The lowest BCUT2D eigenvalue weighted by atomic mass is 9.99. The summed E-state index contributed by atoms with van der Waals surface area (Å²) in [6.45, 7) is 0.988. The largest absolute Gasteiger partial charge is 0.445 e. The Labute approximate surface area is 169 Å². The topological polar surface area (TPSA) is 79.0 Å². The molecule has 7 nitrogen and oxygen atoms in total. The number of nitrogens with one attached hydrogen (secondary N) is 1. The number of fused-ring (bicyclic) bond motifs is 1. The van der Waals surface area contributed by atoms with Crippen molar-refractivity contribution in [3.63, 3.8) is 0 Å². The van der Waals surface area contributed by atoms with Crippen molar-refractivity contribution in [1.82, 2.24) is 15.1 Å². The maximum Gasteiger partial charge on any atom is 0.410 e. The number of ether oxygens (including phenoxy) is 1. The number of nitrogens with zero attached hydrogens (tertiary/aromatic N) is 2. The molecule has 3 amide bonds. The highest BCUT2D eigenvalue weighted by atomic mass is 16.6. The molecule has 0 radical (unpaired) electrons. The molecule has 7 heteroatoms. The molecule has 2 aliphatic heterocycles. The first-order chi connectivity index (χ1) is 14.1. The number of hydrogen-bond acceptors (Lipinski definition) is 4. The minimum absolute atomic E-state index is 0.101. The van der Waals surface area contributed by atoms with E-state index in [1.54, 1.807) is 4.90 Å². The summed E-state index contributed by atoms with van der Waals surface area (Å²) in [6.07, 6.45) is -0.0163. The summed E-state index contributed by atoms with van der Waals surface area (Å²) in [6, 6.07) is 17.8. The third-order valence-corrected chi connectivity index (χ3v) is 5.33. The van der Waals surface area contributed by atoms with E-state index in [-0.39, 0.29) is 25.0 Å². The van der Waals surface area contributed by atoms with Crippen molar-refractivity contribution in [3.8, 4) is 0 Å². The van der Waals surface area contributed by atoms with Crippen LogP contribution in [0.2, 0.25) is 0 Å². The molecule has 4 rings (SSSR count). The molecule has 2 aromatic rings. The molecule has 0 aromatic heterocycles. The second-order valence-electron chi connectivity index (χ2n) is 7.28. The average molecular weight is 393 g/mol. The second kappa shape index (κ2) is 8.34. The molecule has 2 heterocycles. The molecular weight excluding hydrogens is 370 g/mol. The molecule has 2 fully saturated rings. The van der Waals surface area contributed by atoms with Gasteiger partial charge in [-0.15, -0.1) is 0 Å². The summed E-state index contributed by atoms with van der Waals surface area (Å²) in [5, 5.41) is 2.82. The fourth-order valence-electron chi connectivity index (χ4n) is 3.77. The van der Waals surface area contributed by atoms with E-state index in [0.717, 1.165) is 11.1 Å². The monoisotopic (exact) mass is 393 g/mol. The molecule has 29 heavy (non-hydrogen) atoms. The predicted octanol–water partition coefficient (Wildman–Crippen LogP) is 1.58. The number of carbonyl (C=O) groups excluding carboxylic acids is 3. The summed E-state index contributed by atoms with van der Waals surface area (Å²) < 4.78 is 5.36. The zero-order valence-electron chi connectivity index (χ0n) is 16.0. The SMILES string of the molecule is O=C1N[C@@H](Cc2ccccc2)C(=O)N2CCN(C(=O)OCc3ccccc3)C[C@H]12. The van der Waals surface area contributed by atoms with E-state index in [1.165, 1.54) is 4.90 Å². The van der Waals surface area contributed by atoms with Crippen molar-refractivity contribution in [2.45, 2.75) is 25.1 Å². The van der Waals surface area contributed by atoms with Gasteiger partial charge in [-0.2, -0.15) is 0 Å². The van der Waals surface area contributed by atoms with Crippen LogP contribution in [0.3, 0.4) is 0 Å². The first kappa shape index (κ1) is 19.0. The van der Waals surface area contributed by atoms with Gasteiger partial charge in [0.25, 0.3) is 0 Å². The van der Waals surface area contributed by atoms with Crippen molar-refractivity contribution in [1.29, 1.82) is 0 Å². The highest BCUT2D eigenvalue weighted by molar-refractivity contribution is 5.97. The van der Waals surface area contributed by atoms with Crippen LogP contribution in [0, 0.1) is 0 Å². The predicted molar refractivity (Wildman–Crippen MR) is 106 cm³/mol. The van der Waals surface area contributed by atoms with E-state index in [0.29, 0.717) is 19.5 Å². The highest BCUT2D eigenvalue weighted by Gasteiger charge is 2.44. The Balaban J connectivity index is 1.36. The Bertz CT molecular complexity index is 887. The van der Waals surface area contributed by atoms with Gasteiger partial charge < -0.3 is 19.9 Å². The van der Waals surface area contributed by atoms with Crippen molar-refractivity contribution >= 4 is 17.9 Å². The van der Waals surface area contributed by atoms with Crippen LogP contribution in [0.4, 0.5) is 4.79 Å². The molecular formula is C22H23N3O4. The molecule has 1 N–H and O–H groups in total. The first-order valence-electron chi connectivity index (χ1n) is 9.72. The summed E-state index contributed by atoms with van der Waals surface area (Å²) in [5.41, 5.74) is 1.89. The third kappa shape index (κ3) is 4.23. The molecule has 2 saturated heterocycles. The summed E-state index contributed by atoms with van der Waals surface area (Å²) in [4.78, 5) is 41.0. The number of amides is 3. The van der Waals surface area contributed by atoms with Crippen molar-refractivity contribution in [2.75, 3.05) is 19.6 Å². The van der Waals surface area contributed by atoms with Gasteiger partial charge in [-0.25, -0.2) is 4.79 Å². The Morgan fingerprint density at radius 1 is 0.966 bits per heavy atom. The third-order valence-electron chi connectivity index (χ3n) is 5.33. The maximum absolute atomic E-state index is 12.9. The van der Waals surface area contributed by atoms with Crippen molar-refractivity contribution < 1.29 is 19.1 Å². The van der Waals surface area contributed by atoms with E-state index in [2.05, 4.69) is 5.32 Å². The van der Waals surface area contributed by atoms with Crippen LogP contribution >= 0.6 is 0 Å². The molecule has 0 aliphatic carbocycles. The van der Waals surface area contributed by atoms with Gasteiger partial charge in [0.15, 0.2) is 0 Å². The molecule has 2 aliphatic rings. The van der Waals surface area contributed by atoms with Crippen LogP contribution in [-0.2, 0) is 27.4 Å². The average Bonchev–Trinajstić information content (AvgIpc) is 2.77. The standard InChI is InChI=1S/C22H23N3O4/c26-20-19-14-24(22(28)29-15-17-9-5-2-6-10-17)11-12-25(19)21(27)18(23-20)13-16-7-3-1-4-8-16/h1-10,18-19H,11-15H2,(H,23,26)/t18-,19+/m0/s1. The minimum atomic E-state index is -0.674. The summed E-state index contributed by atoms with van der Waals surface area (Å²) in [5.74, 6) is -0.332. The van der Waals surface area contributed by atoms with Gasteiger partial charge >= 0.3 is 6.09 Å². The number of rotatable bonds is 4. The van der Waals surface area contributed by atoms with Crippen molar-refractivity contribution in [2.24, 2.45) is 0 Å². The fourth-order valence-corrected chi connectivity index (χ4v) is 3.77. The van der Waals surface area contributed by atoms with E-state index >= 15 is 0 Å². The number of carbonyl (C=O) groups is 3. The van der Waals surface area contributed by atoms with Crippen LogP contribution in [0.15, 0.2) is 60.7 Å². The Kier molecular flexibility index (Phi) is 5.46. The van der Waals surface area contributed by atoms with Gasteiger partial charge in [0.1, 0.15) is 18.7 Å². The van der Waals surface area contributed by atoms with Crippen LogP contribution in [0.25, 0.3) is 0 Å². The first-order valence-corrected chi connectivity index (χ1v) is 9.72. The van der Waals surface area contributed by atoms with Gasteiger partial charge in [-0.3, -0.25) is 9.59 Å². The molecule has 0 spiro atoms. The molecule has 2 atom stereocenters. The van der Waals surface area contributed by atoms with E-state index in [1.807, 2.05) is 60.7 Å². The lowest BCUT2D eigenvalue weighted by Crippen LogP contribution is -2.70. The lowest BCUT2D eigenvalue weighted by molar-refractivity contribution is -0.152. The highest BCUT2D eigenvalue weighted by Crippen LogP contribution is 2.19. The number of hydrogen-bond donors (Lipinski definition) is 1. The van der Waals surface area contributed by atoms with E-state index < -0.39 is 18.2 Å². The number of piperazine rings is 2. The summed E-state index contributed by atoms with van der Waals surface area (Å²) >= 11 is 0. The fraction of sp³-hybridized carbons (Fsp3) is 0.318. The van der Waals surface area contributed by atoms with Crippen molar-refractivity contribution in [3.05, 3.63) is 71.8 Å². The molecule has 150 valence electrons. The van der Waals surface area contributed by atoms with Crippen LogP contribution in [0.5, 0.6) is 0 Å². The quantitative estimate of drug-likeness (QED) is 0.855. The van der Waals surface area contributed by atoms with Gasteiger partial charge in [0, 0.05) is 19.5 Å². The summed E-state index contributed by atoms with van der Waals surface area (Å²) in [7, 11) is 0. The van der Waals surface area contributed by atoms with Crippen LogP contribution in [-0.4, -0.2) is 59.4 Å². The van der Waals surface area contributed by atoms with Gasteiger partial charge in [0.05, 0.1) is 6.54 Å². The maximum atomic E-state index is 12.9. The van der Waals surface area contributed by atoms with Crippen LogP contribution < -0.4 is 5.32 Å². The molecule has 0 bridgehead atoms. The normalized spacial score (nSPS) is 21.4. The minimum Gasteiger partial charge on any atom is -0.445 e. The van der Waals surface area contributed by atoms with E-state index in [4.69, 9.17) is 4.74 Å². The Hall–Kier alpha value is -3.35. The number of benzene rings is 2. The Morgan fingerprint density at radius 2 is 1.62 bits per heavy atom. The molecule has 0 unspecified atom stereocenters.